The molecule has 0 fully saturated rings. The Labute approximate surface area is 85.6 Å². The Kier molecular flexibility index (Phi) is 6.46. The Bertz CT molecular complexity index is 262. The third-order valence-corrected chi connectivity index (χ3v) is 1.61. The van der Waals surface area contributed by atoms with Crippen molar-refractivity contribution in [2.75, 3.05) is 0 Å². The largest absolute Gasteiger partial charge is 0.478 e. The Balaban J connectivity index is 0.000000500. The molecule has 1 N–H and O–H groups in total. The van der Waals surface area contributed by atoms with Crippen molar-refractivity contribution < 1.29 is 9.90 Å². The Morgan fingerprint density at radius 3 is 1.86 bits per heavy atom. The highest BCUT2D eigenvalue weighted by molar-refractivity contribution is 5.87. The van der Waals surface area contributed by atoms with Crippen LogP contribution >= 0.6 is 0 Å². The quantitative estimate of drug-likeness (QED) is 0.783. The summed E-state index contributed by atoms with van der Waals surface area (Å²) in [6, 6.07) is 6.93. The van der Waals surface area contributed by atoms with E-state index in [4.69, 9.17) is 5.11 Å². The predicted octanol–water partition coefficient (Wildman–Crippen LogP) is 3.36. The number of aromatic carboxylic acids is 1. The lowest BCUT2D eigenvalue weighted by Gasteiger charge is -1.96. The van der Waals surface area contributed by atoms with Gasteiger partial charge in [-0.1, -0.05) is 39.3 Å². The van der Waals surface area contributed by atoms with Crippen LogP contribution in [0.4, 0.5) is 0 Å². The average molecular weight is 194 g/mol. The zero-order chi connectivity index (χ0) is 11.0. The van der Waals surface area contributed by atoms with Crippen LogP contribution in [-0.4, -0.2) is 11.1 Å². The fourth-order valence-electron chi connectivity index (χ4n) is 0.883. The molecule has 0 unspecified atom stereocenters. The smallest absolute Gasteiger partial charge is 0.335 e. The van der Waals surface area contributed by atoms with Crippen LogP contribution in [0.25, 0.3) is 0 Å². The Morgan fingerprint density at radius 1 is 1.14 bits per heavy atom. The predicted molar refractivity (Wildman–Crippen MR) is 58.7 cm³/mol. The van der Waals surface area contributed by atoms with Crippen LogP contribution in [-0.2, 0) is 6.42 Å². The van der Waals surface area contributed by atoms with E-state index in [0.717, 1.165) is 12.0 Å². The minimum atomic E-state index is -0.868. The number of carboxylic acid groups (broad SMARTS) is 1. The topological polar surface area (TPSA) is 37.3 Å². The molecule has 1 aromatic rings. The van der Waals surface area contributed by atoms with Gasteiger partial charge in [0.25, 0.3) is 0 Å². The van der Waals surface area contributed by atoms with Gasteiger partial charge in [0.2, 0.25) is 0 Å². The molecule has 0 radical (unpaired) electrons. The van der Waals surface area contributed by atoms with E-state index < -0.39 is 5.97 Å². The summed E-state index contributed by atoms with van der Waals surface area (Å²) in [6.07, 6.45) is 2.19. The van der Waals surface area contributed by atoms with Crippen LogP contribution in [0.1, 0.15) is 43.1 Å². The summed E-state index contributed by atoms with van der Waals surface area (Å²) in [5.74, 6) is -0.868. The van der Waals surface area contributed by atoms with E-state index >= 15 is 0 Å². The molecule has 0 saturated heterocycles. The van der Waals surface area contributed by atoms with Gasteiger partial charge in [0.05, 0.1) is 5.56 Å². The lowest BCUT2D eigenvalue weighted by molar-refractivity contribution is 0.0697. The highest BCUT2D eigenvalue weighted by Crippen LogP contribution is 2.04. The lowest BCUT2D eigenvalue weighted by Crippen LogP contribution is -1.95. The maximum atomic E-state index is 10.4. The number of hydrogen-bond donors (Lipinski definition) is 1. The van der Waals surface area contributed by atoms with Crippen molar-refractivity contribution in [1.82, 2.24) is 0 Å². The molecule has 0 spiro atoms. The Morgan fingerprint density at radius 2 is 1.57 bits per heavy atom. The van der Waals surface area contributed by atoms with Crippen LogP contribution in [0.15, 0.2) is 24.3 Å². The number of aryl methyl sites for hydroxylation is 1. The maximum absolute atomic E-state index is 10.4. The third kappa shape index (κ3) is 4.65. The minimum absolute atomic E-state index is 0.349. The summed E-state index contributed by atoms with van der Waals surface area (Å²) in [5, 5.41) is 8.55. The molecule has 14 heavy (non-hydrogen) atoms. The van der Waals surface area contributed by atoms with Crippen molar-refractivity contribution in [2.24, 2.45) is 0 Å². The van der Waals surface area contributed by atoms with Gasteiger partial charge < -0.3 is 5.11 Å². The van der Waals surface area contributed by atoms with Crippen LogP contribution in [0.2, 0.25) is 0 Å². The number of hydrogen-bond acceptors (Lipinski definition) is 1. The first kappa shape index (κ1) is 12.7. The third-order valence-electron chi connectivity index (χ3n) is 1.61. The van der Waals surface area contributed by atoms with Crippen LogP contribution in [0.3, 0.4) is 0 Å². The first-order chi connectivity index (χ1) is 6.65. The number of carboxylic acids is 1. The van der Waals surface area contributed by atoms with Gasteiger partial charge in [0, 0.05) is 0 Å². The minimum Gasteiger partial charge on any atom is -0.478 e. The first-order valence-electron chi connectivity index (χ1n) is 4.97. The molecule has 0 heterocycles. The van der Waals surface area contributed by atoms with E-state index in [0.29, 0.717) is 5.56 Å². The standard InChI is InChI=1S/C9H10O2.C3H8/c1-2-7-3-5-8(6-4-7)9(10)11;1-3-2/h3-6H,2H2,1H3,(H,10,11);3H2,1-2H3. The van der Waals surface area contributed by atoms with Gasteiger partial charge in [-0.05, 0) is 24.1 Å². The molecule has 0 amide bonds. The van der Waals surface area contributed by atoms with Gasteiger partial charge in [0.15, 0.2) is 0 Å². The second-order valence-electron chi connectivity index (χ2n) is 3.06. The molecule has 0 aromatic heterocycles. The highest BCUT2D eigenvalue weighted by atomic mass is 16.4. The van der Waals surface area contributed by atoms with Gasteiger partial charge in [-0.15, -0.1) is 0 Å². The molecular formula is C12H18O2. The fraction of sp³-hybridized carbons (Fsp3) is 0.417. The van der Waals surface area contributed by atoms with Crippen molar-refractivity contribution in [2.45, 2.75) is 33.6 Å². The molecule has 0 aliphatic carbocycles. The van der Waals surface area contributed by atoms with Crippen molar-refractivity contribution in [1.29, 1.82) is 0 Å². The van der Waals surface area contributed by atoms with E-state index in [9.17, 15) is 4.79 Å². The molecule has 0 saturated carbocycles. The Hall–Kier alpha value is -1.31. The van der Waals surface area contributed by atoms with Gasteiger partial charge in [0.1, 0.15) is 0 Å². The summed E-state index contributed by atoms with van der Waals surface area (Å²) in [7, 11) is 0. The molecule has 2 heteroatoms. The van der Waals surface area contributed by atoms with E-state index in [1.165, 1.54) is 6.42 Å². The molecule has 1 aromatic carbocycles. The van der Waals surface area contributed by atoms with Crippen LogP contribution < -0.4 is 0 Å². The highest BCUT2D eigenvalue weighted by Gasteiger charge is 1.99. The summed E-state index contributed by atoms with van der Waals surface area (Å²) >= 11 is 0. The van der Waals surface area contributed by atoms with Gasteiger partial charge in [-0.2, -0.15) is 0 Å². The summed E-state index contributed by atoms with van der Waals surface area (Å²) < 4.78 is 0. The van der Waals surface area contributed by atoms with Crippen molar-refractivity contribution in [3.8, 4) is 0 Å². The number of carbonyl (C=O) groups is 1. The van der Waals surface area contributed by atoms with Crippen LogP contribution in [0.5, 0.6) is 0 Å². The molecule has 0 atom stereocenters. The molecule has 0 aliphatic heterocycles. The van der Waals surface area contributed by atoms with Crippen molar-refractivity contribution in [3.05, 3.63) is 35.4 Å². The molecular weight excluding hydrogens is 176 g/mol. The first-order valence-corrected chi connectivity index (χ1v) is 4.97. The van der Waals surface area contributed by atoms with Gasteiger partial charge in [-0.25, -0.2) is 4.79 Å². The van der Waals surface area contributed by atoms with Crippen LogP contribution in [0, 0.1) is 0 Å². The van der Waals surface area contributed by atoms with E-state index in [1.807, 2.05) is 19.1 Å². The molecule has 0 aliphatic rings. The average Bonchev–Trinajstić information content (AvgIpc) is 2.19. The van der Waals surface area contributed by atoms with Crippen molar-refractivity contribution in [3.63, 3.8) is 0 Å². The monoisotopic (exact) mass is 194 g/mol. The van der Waals surface area contributed by atoms with E-state index in [1.54, 1.807) is 12.1 Å². The second kappa shape index (κ2) is 7.13. The zero-order valence-corrected chi connectivity index (χ0v) is 9.08. The van der Waals surface area contributed by atoms with E-state index in [-0.39, 0.29) is 0 Å². The van der Waals surface area contributed by atoms with Crippen molar-refractivity contribution >= 4 is 5.97 Å². The fourth-order valence-corrected chi connectivity index (χ4v) is 0.883. The van der Waals surface area contributed by atoms with E-state index in [2.05, 4.69) is 13.8 Å². The number of benzene rings is 1. The summed E-state index contributed by atoms with van der Waals surface area (Å²) in [6.45, 7) is 6.29. The SMILES string of the molecule is CCC.CCc1ccc(C(=O)O)cc1. The zero-order valence-electron chi connectivity index (χ0n) is 9.08. The maximum Gasteiger partial charge on any atom is 0.335 e. The van der Waals surface area contributed by atoms with Gasteiger partial charge >= 0.3 is 5.97 Å². The molecule has 1 rings (SSSR count). The molecule has 78 valence electrons. The molecule has 2 nitrogen and oxygen atoms in total. The van der Waals surface area contributed by atoms with Gasteiger partial charge in [-0.3, -0.25) is 0 Å². The summed E-state index contributed by atoms with van der Waals surface area (Å²) in [4.78, 5) is 10.4. The second-order valence-corrected chi connectivity index (χ2v) is 3.06. The molecule has 0 bridgehead atoms. The lowest BCUT2D eigenvalue weighted by atomic mass is 10.1. The summed E-state index contributed by atoms with van der Waals surface area (Å²) in [5.41, 5.74) is 1.51. The number of rotatable bonds is 2. The normalized spacial score (nSPS) is 8.79.